The Labute approximate surface area is 113 Å². The van der Waals surface area contributed by atoms with Crippen molar-refractivity contribution in [2.45, 2.75) is 25.2 Å². The van der Waals surface area contributed by atoms with E-state index in [0.29, 0.717) is 0 Å². The van der Waals surface area contributed by atoms with Crippen LogP contribution in [0.5, 0.6) is 0 Å². The van der Waals surface area contributed by atoms with Crippen molar-refractivity contribution in [3.8, 4) is 11.1 Å². The van der Waals surface area contributed by atoms with Gasteiger partial charge in [-0.05, 0) is 28.7 Å². The molecule has 1 aliphatic rings. The molecule has 0 aromatic heterocycles. The van der Waals surface area contributed by atoms with Gasteiger partial charge in [-0.2, -0.15) is 0 Å². The number of carbonyl (C=O) groups is 1. The molecular formula is C17H17NO. The summed E-state index contributed by atoms with van der Waals surface area (Å²) in [7, 11) is 0. The summed E-state index contributed by atoms with van der Waals surface area (Å²) >= 11 is 0. The largest absolute Gasteiger partial charge is 0.369 e. The highest BCUT2D eigenvalue weighted by molar-refractivity contribution is 5.99. The van der Waals surface area contributed by atoms with E-state index in [-0.39, 0.29) is 5.91 Å². The molecule has 0 bridgehead atoms. The van der Waals surface area contributed by atoms with Crippen LogP contribution >= 0.6 is 0 Å². The number of carbonyl (C=O) groups excluding carboxylic acids is 1. The van der Waals surface area contributed by atoms with Gasteiger partial charge in [-0.1, -0.05) is 61.9 Å². The Balaban J connectivity index is 2.38. The lowest BCUT2D eigenvalue weighted by Crippen LogP contribution is -2.40. The average Bonchev–Trinajstić information content (AvgIpc) is 2.72. The molecule has 0 unspecified atom stereocenters. The summed E-state index contributed by atoms with van der Waals surface area (Å²) in [5.74, 6) is -0.244. The smallest absolute Gasteiger partial charge is 0.232 e. The Morgan fingerprint density at radius 2 is 1.47 bits per heavy atom. The molecule has 0 heterocycles. The molecule has 0 saturated carbocycles. The van der Waals surface area contributed by atoms with Gasteiger partial charge < -0.3 is 5.73 Å². The summed E-state index contributed by atoms with van der Waals surface area (Å²) in [6, 6.07) is 16.2. The van der Waals surface area contributed by atoms with Crippen LogP contribution in [0.4, 0.5) is 0 Å². The number of rotatable bonds is 3. The summed E-state index contributed by atoms with van der Waals surface area (Å²) < 4.78 is 0. The second-order valence-corrected chi connectivity index (χ2v) is 5.11. The minimum Gasteiger partial charge on any atom is -0.369 e. The third-order valence-corrected chi connectivity index (χ3v) is 4.11. The van der Waals surface area contributed by atoms with Crippen molar-refractivity contribution in [1.29, 1.82) is 0 Å². The van der Waals surface area contributed by atoms with Crippen LogP contribution in [0, 0.1) is 0 Å². The molecule has 1 amide bonds. The first-order valence-electron chi connectivity index (χ1n) is 6.71. The van der Waals surface area contributed by atoms with Crippen LogP contribution in [0.2, 0.25) is 0 Å². The van der Waals surface area contributed by atoms with Crippen molar-refractivity contribution in [3.05, 3.63) is 59.7 Å². The minimum absolute atomic E-state index is 0.244. The van der Waals surface area contributed by atoms with E-state index in [1.807, 2.05) is 36.4 Å². The molecule has 96 valence electrons. The number of primary amides is 1. The van der Waals surface area contributed by atoms with Gasteiger partial charge in [-0.3, -0.25) is 4.79 Å². The van der Waals surface area contributed by atoms with Gasteiger partial charge in [0.2, 0.25) is 5.91 Å². The fourth-order valence-electron chi connectivity index (χ4n) is 3.36. The zero-order chi connectivity index (χ0) is 13.5. The lowest BCUT2D eigenvalue weighted by atomic mass is 9.74. The summed E-state index contributed by atoms with van der Waals surface area (Å²) in [4.78, 5) is 12.3. The number of nitrogens with two attached hydrogens (primary N) is 1. The van der Waals surface area contributed by atoms with E-state index in [0.717, 1.165) is 35.1 Å². The molecule has 2 nitrogen and oxygen atoms in total. The molecule has 1 aliphatic carbocycles. The Bertz CT molecular complexity index is 600. The molecule has 2 aromatic carbocycles. The van der Waals surface area contributed by atoms with Crippen LogP contribution in [-0.2, 0) is 10.2 Å². The van der Waals surface area contributed by atoms with Crippen LogP contribution in [0.25, 0.3) is 11.1 Å². The average molecular weight is 251 g/mol. The quantitative estimate of drug-likeness (QED) is 0.894. The Kier molecular flexibility index (Phi) is 2.67. The first-order valence-corrected chi connectivity index (χ1v) is 6.71. The fraction of sp³-hybridized carbons (Fsp3) is 0.235. The molecule has 0 aliphatic heterocycles. The maximum atomic E-state index is 12.3. The van der Waals surface area contributed by atoms with E-state index >= 15 is 0 Å². The van der Waals surface area contributed by atoms with Gasteiger partial charge in [-0.25, -0.2) is 0 Å². The Morgan fingerprint density at radius 1 is 1.00 bits per heavy atom. The number of fused-ring (bicyclic) bond motifs is 3. The van der Waals surface area contributed by atoms with Crippen LogP contribution in [0.15, 0.2) is 48.5 Å². The molecule has 0 atom stereocenters. The Hall–Kier alpha value is -2.09. The molecule has 0 saturated heterocycles. The lowest BCUT2D eigenvalue weighted by Gasteiger charge is -2.28. The number of benzene rings is 2. The topological polar surface area (TPSA) is 43.1 Å². The van der Waals surface area contributed by atoms with Gasteiger partial charge in [0.1, 0.15) is 0 Å². The zero-order valence-electron chi connectivity index (χ0n) is 11.0. The number of hydrogen-bond acceptors (Lipinski definition) is 1. The molecule has 0 fully saturated rings. The normalized spacial score (nSPS) is 14.8. The molecule has 3 rings (SSSR count). The van der Waals surface area contributed by atoms with E-state index in [1.54, 1.807) is 0 Å². The maximum absolute atomic E-state index is 12.3. The number of amides is 1. The van der Waals surface area contributed by atoms with Crippen molar-refractivity contribution >= 4 is 5.91 Å². The lowest BCUT2D eigenvalue weighted by molar-refractivity contribution is -0.122. The van der Waals surface area contributed by atoms with Crippen molar-refractivity contribution in [2.24, 2.45) is 5.73 Å². The summed E-state index contributed by atoms with van der Waals surface area (Å²) in [6.07, 6.45) is 1.68. The second-order valence-electron chi connectivity index (χ2n) is 5.11. The standard InChI is InChI=1S/C17H17NO/c1-2-11-17(16(18)19)14-9-5-3-7-12(14)13-8-4-6-10-15(13)17/h3-10H,2,11H2,1H3,(H2,18,19). The van der Waals surface area contributed by atoms with E-state index in [1.165, 1.54) is 0 Å². The van der Waals surface area contributed by atoms with E-state index < -0.39 is 5.41 Å². The molecule has 2 N–H and O–H groups in total. The first-order chi connectivity index (χ1) is 9.21. The van der Waals surface area contributed by atoms with Gasteiger partial charge in [0.05, 0.1) is 5.41 Å². The van der Waals surface area contributed by atoms with Crippen LogP contribution in [0.1, 0.15) is 30.9 Å². The maximum Gasteiger partial charge on any atom is 0.232 e. The monoisotopic (exact) mass is 251 g/mol. The van der Waals surface area contributed by atoms with Crippen molar-refractivity contribution in [3.63, 3.8) is 0 Å². The number of hydrogen-bond donors (Lipinski definition) is 1. The van der Waals surface area contributed by atoms with Crippen molar-refractivity contribution in [2.75, 3.05) is 0 Å². The Morgan fingerprint density at radius 3 is 1.89 bits per heavy atom. The summed E-state index contributed by atoms with van der Waals surface area (Å²) in [6.45, 7) is 2.09. The van der Waals surface area contributed by atoms with E-state index in [2.05, 4.69) is 19.1 Å². The first kappa shape index (κ1) is 12.0. The highest BCUT2D eigenvalue weighted by Crippen LogP contribution is 2.50. The van der Waals surface area contributed by atoms with Crippen LogP contribution in [0.3, 0.4) is 0 Å². The summed E-state index contributed by atoms with van der Waals surface area (Å²) in [5.41, 5.74) is 9.57. The van der Waals surface area contributed by atoms with Gasteiger partial charge in [0.15, 0.2) is 0 Å². The van der Waals surface area contributed by atoms with E-state index in [9.17, 15) is 4.79 Å². The molecule has 19 heavy (non-hydrogen) atoms. The second kappa shape index (κ2) is 4.23. The van der Waals surface area contributed by atoms with Crippen molar-refractivity contribution < 1.29 is 4.79 Å². The van der Waals surface area contributed by atoms with Crippen LogP contribution in [-0.4, -0.2) is 5.91 Å². The predicted molar refractivity (Wildman–Crippen MR) is 76.8 cm³/mol. The van der Waals surface area contributed by atoms with Crippen molar-refractivity contribution in [1.82, 2.24) is 0 Å². The minimum atomic E-state index is -0.651. The van der Waals surface area contributed by atoms with Gasteiger partial charge in [-0.15, -0.1) is 0 Å². The van der Waals surface area contributed by atoms with E-state index in [4.69, 9.17) is 5.73 Å². The highest BCUT2D eigenvalue weighted by atomic mass is 16.1. The van der Waals surface area contributed by atoms with Gasteiger partial charge in [0, 0.05) is 0 Å². The third-order valence-electron chi connectivity index (χ3n) is 4.11. The van der Waals surface area contributed by atoms with Gasteiger partial charge in [0.25, 0.3) is 0 Å². The third kappa shape index (κ3) is 1.46. The molecule has 2 heteroatoms. The van der Waals surface area contributed by atoms with Gasteiger partial charge >= 0.3 is 0 Å². The highest BCUT2D eigenvalue weighted by Gasteiger charge is 2.46. The molecule has 2 aromatic rings. The molecular weight excluding hydrogens is 234 g/mol. The fourth-order valence-corrected chi connectivity index (χ4v) is 3.36. The predicted octanol–water partition coefficient (Wildman–Crippen LogP) is 3.24. The zero-order valence-corrected chi connectivity index (χ0v) is 11.0. The molecule has 0 radical (unpaired) electrons. The van der Waals surface area contributed by atoms with Crippen LogP contribution < -0.4 is 5.73 Å². The SMILES string of the molecule is CCCC1(C(N)=O)c2ccccc2-c2ccccc21. The summed E-state index contributed by atoms with van der Waals surface area (Å²) in [5, 5.41) is 0. The molecule has 0 spiro atoms.